The van der Waals surface area contributed by atoms with Crippen molar-refractivity contribution in [3.8, 4) is 0 Å². The average Bonchev–Trinajstić information content (AvgIpc) is 2.51. The Balaban J connectivity index is 2.63. The van der Waals surface area contributed by atoms with Crippen LogP contribution in [0.5, 0.6) is 0 Å². The van der Waals surface area contributed by atoms with Gasteiger partial charge in [-0.15, -0.1) is 11.3 Å². The molecule has 0 aliphatic heterocycles. The lowest BCUT2D eigenvalue weighted by atomic mass is 10.4. The summed E-state index contributed by atoms with van der Waals surface area (Å²) in [5, 5.41) is 19.3. The van der Waals surface area contributed by atoms with Crippen LogP contribution in [0.1, 0.15) is 0 Å². The predicted molar refractivity (Wildman–Crippen MR) is 55.1 cm³/mol. The minimum atomic E-state index is 0.0812. The first-order valence-electron chi connectivity index (χ1n) is 4.10. The fourth-order valence-electron chi connectivity index (χ4n) is 1.09. The molecule has 0 unspecified atom stereocenters. The normalized spacial score (nSPS) is 10.3. The van der Waals surface area contributed by atoms with E-state index in [1.165, 1.54) is 11.3 Å². The number of thiophene rings is 1. The molecule has 0 atom stereocenters. The Hall–Kier alpha value is -0.780. The monoisotopic (exact) mass is 202 g/mol. The predicted octanol–water partition coefficient (Wildman–Crippen LogP) is 0.121. The maximum absolute atomic E-state index is 8.78. The van der Waals surface area contributed by atoms with Crippen molar-refractivity contribution < 1.29 is 10.2 Å². The second-order valence-corrected chi connectivity index (χ2v) is 3.70. The van der Waals surface area contributed by atoms with E-state index in [-0.39, 0.29) is 13.2 Å². The summed E-state index contributed by atoms with van der Waals surface area (Å²) >= 11 is 1.46. The molecule has 0 aromatic carbocycles. The van der Waals surface area contributed by atoms with E-state index in [9.17, 15) is 0 Å². The zero-order valence-corrected chi connectivity index (χ0v) is 8.13. The summed E-state index contributed by atoms with van der Waals surface area (Å²) in [6, 6.07) is 3.72. The fourth-order valence-corrected chi connectivity index (χ4v) is 1.91. The van der Waals surface area contributed by atoms with Crippen LogP contribution >= 0.6 is 11.3 Å². The van der Waals surface area contributed by atoms with E-state index < -0.39 is 0 Å². The maximum Gasteiger partial charge on any atom is 0.0931 e. The summed E-state index contributed by atoms with van der Waals surface area (Å²) in [6.07, 6.45) is 0. The second-order valence-electron chi connectivity index (χ2n) is 2.61. The van der Waals surface area contributed by atoms with Gasteiger partial charge in [0, 0.05) is 13.1 Å². The highest BCUT2D eigenvalue weighted by atomic mass is 32.1. The number of hydrogen-bond acceptors (Lipinski definition) is 5. The summed E-state index contributed by atoms with van der Waals surface area (Å²) < 4.78 is 0. The minimum Gasteiger partial charge on any atom is -0.395 e. The molecule has 0 spiro atoms. The first kappa shape index (κ1) is 10.3. The van der Waals surface area contributed by atoms with Gasteiger partial charge in [0.05, 0.1) is 23.2 Å². The first-order valence-corrected chi connectivity index (χ1v) is 4.91. The summed E-state index contributed by atoms with van der Waals surface area (Å²) in [4.78, 5) is 1.90. The molecule has 4 nitrogen and oxygen atoms in total. The van der Waals surface area contributed by atoms with Crippen LogP contribution in [0.25, 0.3) is 0 Å². The quantitative estimate of drug-likeness (QED) is 0.634. The van der Waals surface area contributed by atoms with Crippen molar-refractivity contribution in [3.05, 3.63) is 12.1 Å². The Kier molecular flexibility index (Phi) is 4.01. The number of hydrogen-bond donors (Lipinski definition) is 3. The molecule has 1 aromatic heterocycles. The molecule has 0 saturated carbocycles. The lowest BCUT2D eigenvalue weighted by molar-refractivity contribution is 0.281. The van der Waals surface area contributed by atoms with Crippen molar-refractivity contribution in [2.75, 3.05) is 36.9 Å². The second kappa shape index (κ2) is 5.06. The zero-order chi connectivity index (χ0) is 9.68. The Bertz CT molecular complexity index is 246. The van der Waals surface area contributed by atoms with Gasteiger partial charge in [-0.3, -0.25) is 0 Å². The lowest BCUT2D eigenvalue weighted by Gasteiger charge is -2.20. The molecule has 0 saturated heterocycles. The number of rotatable bonds is 5. The van der Waals surface area contributed by atoms with Crippen molar-refractivity contribution in [2.45, 2.75) is 0 Å². The number of nitrogens with two attached hydrogens (primary N) is 1. The molecule has 0 aliphatic rings. The largest absolute Gasteiger partial charge is 0.395 e. The van der Waals surface area contributed by atoms with Crippen LogP contribution in [0.2, 0.25) is 0 Å². The molecule has 0 radical (unpaired) electrons. The minimum absolute atomic E-state index is 0.0812. The van der Waals surface area contributed by atoms with Crippen LogP contribution in [-0.2, 0) is 0 Å². The number of nitrogens with zero attached hydrogens (tertiary/aromatic N) is 1. The highest BCUT2D eigenvalue weighted by molar-refractivity contribution is 7.19. The molecule has 5 heteroatoms. The molecule has 0 amide bonds. The van der Waals surface area contributed by atoms with Gasteiger partial charge >= 0.3 is 0 Å². The molecular formula is C8H14N2O2S. The molecule has 4 N–H and O–H groups in total. The number of aliphatic hydroxyl groups is 2. The molecule has 13 heavy (non-hydrogen) atoms. The summed E-state index contributed by atoms with van der Waals surface area (Å²) in [6.45, 7) is 1.22. The van der Waals surface area contributed by atoms with Crippen LogP contribution in [0.15, 0.2) is 12.1 Å². The first-order chi connectivity index (χ1) is 6.27. The van der Waals surface area contributed by atoms with Gasteiger partial charge in [-0.2, -0.15) is 0 Å². The molecule has 74 valence electrons. The Labute approximate surface area is 81.2 Å². The maximum atomic E-state index is 8.78. The van der Waals surface area contributed by atoms with E-state index in [1.807, 2.05) is 17.0 Å². The summed E-state index contributed by atoms with van der Waals surface area (Å²) in [5.74, 6) is 0. The van der Waals surface area contributed by atoms with E-state index >= 15 is 0 Å². The van der Waals surface area contributed by atoms with Gasteiger partial charge < -0.3 is 20.8 Å². The Morgan fingerprint density at radius 3 is 2.23 bits per heavy atom. The third kappa shape index (κ3) is 2.87. The van der Waals surface area contributed by atoms with Gasteiger partial charge in [0.2, 0.25) is 0 Å². The van der Waals surface area contributed by atoms with Crippen LogP contribution in [0.4, 0.5) is 10.0 Å². The topological polar surface area (TPSA) is 69.7 Å². The van der Waals surface area contributed by atoms with Crippen molar-refractivity contribution in [1.29, 1.82) is 0 Å². The Morgan fingerprint density at radius 1 is 1.23 bits per heavy atom. The highest BCUT2D eigenvalue weighted by Crippen LogP contribution is 2.27. The number of aliphatic hydroxyl groups excluding tert-OH is 2. The Morgan fingerprint density at radius 2 is 1.85 bits per heavy atom. The fraction of sp³-hybridized carbons (Fsp3) is 0.500. The van der Waals surface area contributed by atoms with E-state index in [0.29, 0.717) is 13.1 Å². The third-order valence-corrected chi connectivity index (χ3v) is 2.64. The average molecular weight is 202 g/mol. The molecule has 1 heterocycles. The van der Waals surface area contributed by atoms with Crippen molar-refractivity contribution in [1.82, 2.24) is 0 Å². The van der Waals surface area contributed by atoms with Gasteiger partial charge in [-0.05, 0) is 12.1 Å². The van der Waals surface area contributed by atoms with Crippen LogP contribution in [-0.4, -0.2) is 36.5 Å². The lowest BCUT2D eigenvalue weighted by Crippen LogP contribution is -2.28. The van der Waals surface area contributed by atoms with Crippen molar-refractivity contribution in [3.63, 3.8) is 0 Å². The van der Waals surface area contributed by atoms with Crippen molar-refractivity contribution >= 4 is 21.3 Å². The summed E-state index contributed by atoms with van der Waals surface area (Å²) in [7, 11) is 0. The number of nitrogen functional groups attached to an aromatic ring is 1. The van der Waals surface area contributed by atoms with E-state index in [0.717, 1.165) is 10.0 Å². The molecule has 1 aromatic rings. The summed E-state index contributed by atoms with van der Waals surface area (Å²) in [5.41, 5.74) is 5.58. The van der Waals surface area contributed by atoms with Crippen LogP contribution in [0.3, 0.4) is 0 Å². The van der Waals surface area contributed by atoms with Gasteiger partial charge in [0.1, 0.15) is 0 Å². The van der Waals surface area contributed by atoms with E-state index in [4.69, 9.17) is 15.9 Å². The van der Waals surface area contributed by atoms with Crippen LogP contribution < -0.4 is 10.6 Å². The molecule has 0 fully saturated rings. The smallest absolute Gasteiger partial charge is 0.0931 e. The highest BCUT2D eigenvalue weighted by Gasteiger charge is 2.06. The van der Waals surface area contributed by atoms with Crippen molar-refractivity contribution in [2.24, 2.45) is 0 Å². The standard InChI is InChI=1S/C8H14N2O2S/c9-7-1-2-8(13-7)10(3-5-11)4-6-12/h1-2,11-12H,3-6,9H2. The van der Waals surface area contributed by atoms with E-state index in [1.54, 1.807) is 0 Å². The van der Waals surface area contributed by atoms with Gasteiger partial charge in [-0.25, -0.2) is 0 Å². The zero-order valence-electron chi connectivity index (χ0n) is 7.31. The molecular weight excluding hydrogens is 188 g/mol. The molecule has 0 aliphatic carbocycles. The SMILES string of the molecule is Nc1ccc(N(CCO)CCO)s1. The third-order valence-electron chi connectivity index (χ3n) is 1.66. The molecule has 0 bridgehead atoms. The van der Waals surface area contributed by atoms with Gasteiger partial charge in [-0.1, -0.05) is 0 Å². The van der Waals surface area contributed by atoms with Gasteiger partial charge in [0.25, 0.3) is 0 Å². The van der Waals surface area contributed by atoms with Gasteiger partial charge in [0.15, 0.2) is 0 Å². The molecule has 1 rings (SSSR count). The number of anilines is 2. The van der Waals surface area contributed by atoms with E-state index in [2.05, 4.69) is 0 Å². The van der Waals surface area contributed by atoms with Crippen LogP contribution in [0, 0.1) is 0 Å².